The Bertz CT molecular complexity index is 1110. The van der Waals surface area contributed by atoms with Gasteiger partial charge in [0.1, 0.15) is 0 Å². The first-order chi connectivity index (χ1) is 15.5. The highest BCUT2D eigenvalue weighted by atomic mass is 32.2. The van der Waals surface area contributed by atoms with Gasteiger partial charge in [0.15, 0.2) is 12.4 Å². The van der Waals surface area contributed by atoms with Gasteiger partial charge in [-0.3, -0.25) is 25.0 Å². The Morgan fingerprint density at radius 2 is 1.62 bits per heavy atom. The van der Waals surface area contributed by atoms with Crippen LogP contribution in [-0.2, 0) is 4.79 Å². The molecule has 0 bridgehead atoms. The lowest BCUT2D eigenvalue weighted by Crippen LogP contribution is -2.49. The fraction of sp³-hybridized carbons (Fsp3) is 0.235. The molecule has 0 aliphatic carbocycles. The van der Waals surface area contributed by atoms with Gasteiger partial charge in [0.2, 0.25) is 0 Å². The highest BCUT2D eigenvalue weighted by Crippen LogP contribution is 2.53. The van der Waals surface area contributed by atoms with Crippen molar-refractivity contribution in [3.05, 3.63) is 62.7 Å². The first-order valence-corrected chi connectivity index (χ1v) is 9.34. The number of benzene rings is 2. The van der Waals surface area contributed by atoms with Gasteiger partial charge in [0, 0.05) is 16.6 Å². The van der Waals surface area contributed by atoms with Crippen LogP contribution in [0.3, 0.4) is 0 Å². The van der Waals surface area contributed by atoms with E-state index in [2.05, 4.69) is 5.32 Å². The number of nitrogens with zero attached hydrogens (tertiary/aromatic N) is 2. The number of carbonyl (C=O) groups is 1. The van der Waals surface area contributed by atoms with Crippen molar-refractivity contribution < 1.29 is 50.1 Å². The fourth-order valence-electron chi connectivity index (χ4n) is 2.24. The number of hydrogen-bond acceptors (Lipinski definition) is 7. The second kappa shape index (κ2) is 9.70. The van der Waals surface area contributed by atoms with Crippen LogP contribution in [0.4, 0.5) is 47.8 Å². The molecule has 0 aliphatic heterocycles. The van der Waals surface area contributed by atoms with Crippen molar-refractivity contribution in [3.8, 4) is 5.75 Å². The minimum Gasteiger partial charge on any atom is -0.477 e. The predicted molar refractivity (Wildman–Crippen MR) is 102 cm³/mol. The zero-order chi connectivity index (χ0) is 25.9. The number of nitrogens with one attached hydrogen (secondary N) is 1. The summed E-state index contributed by atoms with van der Waals surface area (Å²) in [5.74, 6) is -7.87. The Hall–Kier alpha value is -3.63. The molecular weight excluding hydrogens is 507 g/mol. The van der Waals surface area contributed by atoms with Crippen LogP contribution in [0.1, 0.15) is 0 Å². The van der Waals surface area contributed by atoms with E-state index in [0.29, 0.717) is 12.1 Å². The van der Waals surface area contributed by atoms with Crippen molar-refractivity contribution in [2.75, 3.05) is 11.9 Å². The summed E-state index contributed by atoms with van der Waals surface area (Å²) in [5.41, 5.74) is -1.73. The molecule has 0 atom stereocenters. The van der Waals surface area contributed by atoms with Crippen LogP contribution in [0.5, 0.6) is 5.75 Å². The molecular formula is C17H10F7N3O6S. The largest absolute Gasteiger partial charge is 0.477 e. The Morgan fingerprint density at radius 1 is 0.971 bits per heavy atom. The van der Waals surface area contributed by atoms with Crippen molar-refractivity contribution in [1.82, 2.24) is 0 Å². The number of nitro benzene ring substituents is 2. The molecule has 0 aliphatic rings. The third-order valence-electron chi connectivity index (χ3n) is 3.79. The van der Waals surface area contributed by atoms with Crippen LogP contribution in [0, 0.1) is 20.2 Å². The highest BCUT2D eigenvalue weighted by Gasteiger charge is 2.73. The second-order valence-corrected chi connectivity index (χ2v) is 7.41. The number of amides is 1. The SMILES string of the molecule is O=C(COc1ccc([N+](=O)[O-])cc1[N+](=O)[O-])Nc1cccc(SC(F)(F)C(F)(F)C(F)(F)F)c1. The first-order valence-electron chi connectivity index (χ1n) is 8.52. The predicted octanol–water partition coefficient (Wildman–Crippen LogP) is 5.40. The molecule has 0 fully saturated rings. The topological polar surface area (TPSA) is 125 Å². The summed E-state index contributed by atoms with van der Waals surface area (Å²) in [4.78, 5) is 31.1. The van der Waals surface area contributed by atoms with Gasteiger partial charge in [-0.25, -0.2) is 0 Å². The van der Waals surface area contributed by atoms with E-state index in [1.807, 2.05) is 0 Å². The smallest absolute Gasteiger partial charge is 0.460 e. The van der Waals surface area contributed by atoms with E-state index in [1.165, 1.54) is 0 Å². The number of non-ortho nitro benzene ring substituents is 1. The summed E-state index contributed by atoms with van der Waals surface area (Å²) in [6, 6.07) is 5.90. The van der Waals surface area contributed by atoms with Crippen LogP contribution < -0.4 is 10.1 Å². The molecule has 34 heavy (non-hydrogen) atoms. The molecule has 0 aromatic heterocycles. The van der Waals surface area contributed by atoms with Crippen LogP contribution in [-0.4, -0.2) is 39.7 Å². The summed E-state index contributed by atoms with van der Waals surface area (Å²) >= 11 is -1.08. The summed E-state index contributed by atoms with van der Waals surface area (Å²) in [5, 5.41) is 18.3. The van der Waals surface area contributed by atoms with Gasteiger partial charge in [-0.2, -0.15) is 30.7 Å². The molecule has 17 heteroatoms. The van der Waals surface area contributed by atoms with E-state index in [-0.39, 0.29) is 5.69 Å². The van der Waals surface area contributed by atoms with Gasteiger partial charge in [0.05, 0.1) is 15.9 Å². The van der Waals surface area contributed by atoms with Crippen molar-refractivity contribution in [3.63, 3.8) is 0 Å². The standard InChI is InChI=1S/C17H10F7N3O6S/c18-15(19,16(20,21)22)17(23,24)34-11-3-1-2-9(6-11)25-14(28)8-33-13-5-4-10(26(29)30)7-12(13)27(31)32/h1-7H,8H2,(H,25,28). The van der Waals surface area contributed by atoms with Crippen LogP contribution in [0.2, 0.25) is 0 Å². The Balaban J connectivity index is 2.09. The minimum atomic E-state index is -6.51. The summed E-state index contributed by atoms with van der Waals surface area (Å²) in [6.45, 7) is -0.904. The molecule has 0 radical (unpaired) electrons. The van der Waals surface area contributed by atoms with Gasteiger partial charge < -0.3 is 10.1 Å². The lowest BCUT2D eigenvalue weighted by Gasteiger charge is -2.27. The number of anilines is 1. The molecule has 1 amide bonds. The molecule has 0 spiro atoms. The van der Waals surface area contributed by atoms with E-state index in [4.69, 9.17) is 4.74 Å². The monoisotopic (exact) mass is 517 g/mol. The van der Waals surface area contributed by atoms with E-state index in [9.17, 15) is 55.8 Å². The van der Waals surface area contributed by atoms with Gasteiger partial charge in [-0.05, 0) is 36.0 Å². The summed E-state index contributed by atoms with van der Waals surface area (Å²) in [7, 11) is 0. The van der Waals surface area contributed by atoms with Gasteiger partial charge in [-0.15, -0.1) is 0 Å². The Morgan fingerprint density at radius 3 is 2.18 bits per heavy atom. The molecule has 9 nitrogen and oxygen atoms in total. The molecule has 0 saturated heterocycles. The van der Waals surface area contributed by atoms with Crippen LogP contribution in [0.15, 0.2) is 47.4 Å². The van der Waals surface area contributed by atoms with E-state index in [1.54, 1.807) is 0 Å². The average molecular weight is 517 g/mol. The van der Waals surface area contributed by atoms with Crippen molar-refractivity contribution in [2.24, 2.45) is 0 Å². The number of thioether (sulfide) groups is 1. The number of ether oxygens (including phenoxy) is 1. The fourth-order valence-corrected chi connectivity index (χ4v) is 3.11. The average Bonchev–Trinajstić information content (AvgIpc) is 2.71. The number of hydrogen-bond donors (Lipinski definition) is 1. The molecule has 0 heterocycles. The molecule has 1 N–H and O–H groups in total. The van der Waals surface area contributed by atoms with Crippen molar-refractivity contribution >= 4 is 34.7 Å². The summed E-state index contributed by atoms with van der Waals surface area (Å²) < 4.78 is 94.9. The zero-order valence-electron chi connectivity index (χ0n) is 16.1. The third kappa shape index (κ3) is 6.03. The molecule has 0 unspecified atom stereocenters. The maximum atomic E-state index is 13.6. The third-order valence-corrected chi connectivity index (χ3v) is 4.80. The Kier molecular flexibility index (Phi) is 7.59. The van der Waals surface area contributed by atoms with Crippen LogP contribution in [0.25, 0.3) is 0 Å². The van der Waals surface area contributed by atoms with Crippen LogP contribution >= 0.6 is 11.8 Å². The maximum absolute atomic E-state index is 13.6. The molecule has 2 aromatic carbocycles. The number of rotatable bonds is 9. The number of halogens is 7. The Labute approximate surface area is 188 Å². The van der Waals surface area contributed by atoms with E-state index >= 15 is 0 Å². The summed E-state index contributed by atoms with van der Waals surface area (Å²) in [6.07, 6.45) is -6.51. The quantitative estimate of drug-likeness (QED) is 0.204. The van der Waals surface area contributed by atoms with Crippen molar-refractivity contribution in [2.45, 2.75) is 22.2 Å². The number of carbonyl (C=O) groups excluding carboxylic acids is 1. The number of alkyl halides is 7. The number of nitro groups is 2. The first kappa shape index (κ1) is 26.6. The van der Waals surface area contributed by atoms with E-state index < -0.39 is 73.5 Å². The van der Waals surface area contributed by atoms with Gasteiger partial charge >= 0.3 is 23.0 Å². The van der Waals surface area contributed by atoms with E-state index in [0.717, 1.165) is 30.3 Å². The normalized spacial score (nSPS) is 12.2. The van der Waals surface area contributed by atoms with Crippen molar-refractivity contribution in [1.29, 1.82) is 0 Å². The van der Waals surface area contributed by atoms with Gasteiger partial charge in [-0.1, -0.05) is 6.07 Å². The second-order valence-electron chi connectivity index (χ2n) is 6.22. The molecule has 2 rings (SSSR count). The molecule has 0 saturated carbocycles. The van der Waals surface area contributed by atoms with Gasteiger partial charge in [0.25, 0.3) is 11.6 Å². The highest BCUT2D eigenvalue weighted by molar-refractivity contribution is 8.00. The minimum absolute atomic E-state index is 0.289. The zero-order valence-corrected chi connectivity index (χ0v) is 17.0. The lowest BCUT2D eigenvalue weighted by molar-refractivity contribution is -0.394. The molecule has 2 aromatic rings. The lowest BCUT2D eigenvalue weighted by atomic mass is 10.2. The molecule has 184 valence electrons. The maximum Gasteiger partial charge on any atom is 0.460 e.